The Morgan fingerprint density at radius 2 is 1.62 bits per heavy atom. The second-order valence-electron chi connectivity index (χ2n) is 3.89. The minimum absolute atomic E-state index is 0.0681. The van der Waals surface area contributed by atoms with Crippen molar-refractivity contribution in [2.75, 3.05) is 0 Å². The van der Waals surface area contributed by atoms with E-state index in [2.05, 4.69) is 0 Å². The Bertz CT molecular complexity index is 157. The van der Waals surface area contributed by atoms with Crippen molar-refractivity contribution in [3.63, 3.8) is 0 Å². The first kappa shape index (κ1) is 10.8. The maximum Gasteiger partial charge on any atom is 0.391 e. The van der Waals surface area contributed by atoms with Crippen molar-refractivity contribution in [1.29, 1.82) is 0 Å². The molecule has 78 valence electrons. The van der Waals surface area contributed by atoms with Crippen molar-refractivity contribution >= 4 is 0 Å². The number of alkyl halides is 3. The summed E-state index contributed by atoms with van der Waals surface area (Å²) in [7, 11) is 0. The van der Waals surface area contributed by atoms with Crippen LogP contribution in [0.15, 0.2) is 0 Å². The maximum atomic E-state index is 12.2. The first-order valence-corrected chi connectivity index (χ1v) is 4.66. The normalized spacial score (nSPS) is 33.0. The minimum Gasteiger partial charge on any atom is -0.393 e. The lowest BCUT2D eigenvalue weighted by Gasteiger charge is -2.31. The first-order valence-electron chi connectivity index (χ1n) is 4.66. The molecule has 1 fully saturated rings. The standard InChI is InChI=1S/C9H15F3O/c1-6(13)7-2-4-8(5-3-7)9(10,11)12/h6-8,13H,2-5H2,1H3/t6-,7-,8-/m0/s1. The predicted octanol–water partition coefficient (Wildman–Crippen LogP) is 2.74. The van der Waals surface area contributed by atoms with Gasteiger partial charge in [0, 0.05) is 0 Å². The molecule has 1 saturated carbocycles. The van der Waals surface area contributed by atoms with Gasteiger partial charge in [-0.25, -0.2) is 0 Å². The lowest BCUT2D eigenvalue weighted by atomic mass is 9.79. The molecule has 1 aliphatic carbocycles. The van der Waals surface area contributed by atoms with Crippen molar-refractivity contribution in [3.8, 4) is 0 Å². The fourth-order valence-corrected chi connectivity index (χ4v) is 1.93. The number of hydrogen-bond donors (Lipinski definition) is 1. The Morgan fingerprint density at radius 1 is 1.15 bits per heavy atom. The third-order valence-electron chi connectivity index (χ3n) is 2.92. The number of aliphatic hydroxyl groups is 1. The largest absolute Gasteiger partial charge is 0.393 e. The molecule has 0 aliphatic heterocycles. The Balaban J connectivity index is 2.39. The molecule has 0 aromatic rings. The highest BCUT2D eigenvalue weighted by Crippen LogP contribution is 2.40. The molecule has 0 unspecified atom stereocenters. The molecule has 1 atom stereocenters. The van der Waals surface area contributed by atoms with Crippen LogP contribution in [0, 0.1) is 11.8 Å². The van der Waals surface area contributed by atoms with Gasteiger partial charge in [0.15, 0.2) is 0 Å². The zero-order chi connectivity index (χ0) is 10.1. The highest BCUT2D eigenvalue weighted by atomic mass is 19.4. The average Bonchev–Trinajstić information content (AvgIpc) is 2.03. The lowest BCUT2D eigenvalue weighted by Crippen LogP contribution is -2.30. The molecule has 0 aromatic heterocycles. The smallest absolute Gasteiger partial charge is 0.391 e. The van der Waals surface area contributed by atoms with E-state index in [1.54, 1.807) is 6.92 Å². The summed E-state index contributed by atoms with van der Waals surface area (Å²) in [6.45, 7) is 1.65. The first-order chi connectivity index (χ1) is 5.91. The molecule has 0 bridgehead atoms. The molecular weight excluding hydrogens is 181 g/mol. The molecule has 1 N–H and O–H groups in total. The van der Waals surface area contributed by atoms with E-state index in [1.807, 2.05) is 0 Å². The molecule has 0 spiro atoms. The second kappa shape index (κ2) is 3.86. The molecule has 0 saturated heterocycles. The summed E-state index contributed by atoms with van der Waals surface area (Å²) in [6, 6.07) is 0. The SMILES string of the molecule is C[C@H](O)[C@H]1CC[C@H](C(F)(F)F)CC1. The topological polar surface area (TPSA) is 20.2 Å². The van der Waals surface area contributed by atoms with Gasteiger partial charge in [-0.2, -0.15) is 13.2 Å². The molecule has 0 radical (unpaired) electrons. The van der Waals surface area contributed by atoms with E-state index in [9.17, 15) is 18.3 Å². The van der Waals surface area contributed by atoms with E-state index >= 15 is 0 Å². The van der Waals surface area contributed by atoms with Crippen LogP contribution in [0.2, 0.25) is 0 Å². The molecule has 4 heteroatoms. The quantitative estimate of drug-likeness (QED) is 0.683. The van der Waals surface area contributed by atoms with E-state index in [1.165, 1.54) is 0 Å². The summed E-state index contributed by atoms with van der Waals surface area (Å²) in [5.41, 5.74) is 0. The fourth-order valence-electron chi connectivity index (χ4n) is 1.93. The van der Waals surface area contributed by atoms with Crippen LogP contribution in [-0.2, 0) is 0 Å². The van der Waals surface area contributed by atoms with Crippen molar-refractivity contribution in [2.24, 2.45) is 11.8 Å². The van der Waals surface area contributed by atoms with Gasteiger partial charge in [0.2, 0.25) is 0 Å². The van der Waals surface area contributed by atoms with Gasteiger partial charge in [-0.1, -0.05) is 0 Å². The van der Waals surface area contributed by atoms with Gasteiger partial charge >= 0.3 is 6.18 Å². The van der Waals surface area contributed by atoms with Crippen molar-refractivity contribution < 1.29 is 18.3 Å². The molecule has 1 nitrogen and oxygen atoms in total. The summed E-state index contributed by atoms with van der Waals surface area (Å²) < 4.78 is 36.6. The summed E-state index contributed by atoms with van der Waals surface area (Å²) in [5, 5.41) is 9.18. The Hall–Kier alpha value is -0.250. The summed E-state index contributed by atoms with van der Waals surface area (Å²) in [5.74, 6) is -1.07. The van der Waals surface area contributed by atoms with Crippen molar-refractivity contribution in [3.05, 3.63) is 0 Å². The number of aliphatic hydroxyl groups excluding tert-OH is 1. The number of rotatable bonds is 1. The van der Waals surface area contributed by atoms with Gasteiger partial charge in [-0.05, 0) is 38.5 Å². The Labute approximate surface area is 75.9 Å². The summed E-state index contributed by atoms with van der Waals surface area (Å²) in [4.78, 5) is 0. The van der Waals surface area contributed by atoms with E-state index in [0.29, 0.717) is 12.8 Å². The van der Waals surface area contributed by atoms with Crippen LogP contribution in [-0.4, -0.2) is 17.4 Å². The number of hydrogen-bond acceptors (Lipinski definition) is 1. The average molecular weight is 196 g/mol. The predicted molar refractivity (Wildman–Crippen MR) is 43.2 cm³/mol. The molecule has 1 aliphatic rings. The van der Waals surface area contributed by atoms with Gasteiger partial charge in [0.1, 0.15) is 0 Å². The molecular formula is C9H15F3O. The number of halogens is 3. The van der Waals surface area contributed by atoms with Gasteiger partial charge < -0.3 is 5.11 Å². The van der Waals surface area contributed by atoms with E-state index in [4.69, 9.17) is 0 Å². The molecule has 13 heavy (non-hydrogen) atoms. The second-order valence-corrected chi connectivity index (χ2v) is 3.89. The van der Waals surface area contributed by atoms with Crippen LogP contribution < -0.4 is 0 Å². The van der Waals surface area contributed by atoms with E-state index in [-0.39, 0.29) is 18.8 Å². The highest BCUT2D eigenvalue weighted by Gasteiger charge is 2.41. The maximum absolute atomic E-state index is 12.2. The molecule has 0 amide bonds. The minimum atomic E-state index is -4.04. The zero-order valence-corrected chi connectivity index (χ0v) is 7.64. The lowest BCUT2D eigenvalue weighted by molar-refractivity contribution is -0.185. The monoisotopic (exact) mass is 196 g/mol. The summed E-state index contributed by atoms with van der Waals surface area (Å²) >= 11 is 0. The summed E-state index contributed by atoms with van der Waals surface area (Å²) in [6.07, 6.45) is -3.14. The highest BCUT2D eigenvalue weighted by molar-refractivity contribution is 4.79. The van der Waals surface area contributed by atoms with Crippen LogP contribution in [0.3, 0.4) is 0 Å². The van der Waals surface area contributed by atoms with Crippen LogP contribution in [0.1, 0.15) is 32.6 Å². The molecule has 0 heterocycles. The van der Waals surface area contributed by atoms with Crippen LogP contribution in [0.4, 0.5) is 13.2 Å². The van der Waals surface area contributed by atoms with Crippen LogP contribution in [0.25, 0.3) is 0 Å². The van der Waals surface area contributed by atoms with Crippen LogP contribution in [0.5, 0.6) is 0 Å². The Kier molecular flexibility index (Phi) is 3.22. The van der Waals surface area contributed by atoms with Crippen molar-refractivity contribution in [2.45, 2.75) is 44.9 Å². The van der Waals surface area contributed by atoms with Crippen LogP contribution >= 0.6 is 0 Å². The van der Waals surface area contributed by atoms with Crippen molar-refractivity contribution in [1.82, 2.24) is 0 Å². The van der Waals surface area contributed by atoms with Gasteiger partial charge in [0.05, 0.1) is 12.0 Å². The van der Waals surface area contributed by atoms with Gasteiger partial charge in [0.25, 0.3) is 0 Å². The van der Waals surface area contributed by atoms with E-state index < -0.39 is 18.2 Å². The van der Waals surface area contributed by atoms with Gasteiger partial charge in [-0.3, -0.25) is 0 Å². The van der Waals surface area contributed by atoms with Gasteiger partial charge in [-0.15, -0.1) is 0 Å². The van der Waals surface area contributed by atoms with E-state index in [0.717, 1.165) is 0 Å². The third kappa shape index (κ3) is 2.86. The zero-order valence-electron chi connectivity index (χ0n) is 7.64. The Morgan fingerprint density at radius 3 is 1.92 bits per heavy atom. The molecule has 0 aromatic carbocycles. The fraction of sp³-hybridized carbons (Fsp3) is 1.00. The third-order valence-corrected chi connectivity index (χ3v) is 2.92. The molecule has 1 rings (SSSR count).